The number of ketones is 1. The third-order valence-corrected chi connectivity index (χ3v) is 10.1. The van der Waals surface area contributed by atoms with E-state index in [4.69, 9.17) is 16.3 Å². The van der Waals surface area contributed by atoms with E-state index in [-0.39, 0.29) is 40.0 Å². The van der Waals surface area contributed by atoms with Crippen LogP contribution in [0.5, 0.6) is 0 Å². The van der Waals surface area contributed by atoms with Gasteiger partial charge in [-0.25, -0.2) is 4.39 Å². The number of nitrogens with zero attached hydrogens (tertiary/aromatic N) is 3. The first kappa shape index (κ1) is 32.6. The number of anilines is 1. The molecule has 3 aliphatic rings. The van der Waals surface area contributed by atoms with Crippen molar-refractivity contribution in [2.24, 2.45) is 18.4 Å². The summed E-state index contributed by atoms with van der Waals surface area (Å²) < 4.78 is 24.5. The zero-order valence-corrected chi connectivity index (χ0v) is 27.4. The molecule has 1 amide bonds. The van der Waals surface area contributed by atoms with Gasteiger partial charge in [-0.1, -0.05) is 43.6 Å². The number of carboxylic acids is 1. The first-order valence-corrected chi connectivity index (χ1v) is 16.5. The van der Waals surface area contributed by atoms with Gasteiger partial charge in [0.05, 0.1) is 28.3 Å². The third kappa shape index (κ3) is 6.20. The maximum atomic E-state index is 15.8. The smallest absolute Gasteiger partial charge is 0.306 e. The summed E-state index contributed by atoms with van der Waals surface area (Å²) in [6, 6.07) is 10.1. The number of carbonyl (C=O) groups excluding carboxylic acids is 2. The van der Waals surface area contributed by atoms with Crippen LogP contribution in [-0.4, -0.2) is 75.3 Å². The monoisotopic (exact) mass is 652 g/mol. The van der Waals surface area contributed by atoms with E-state index in [0.717, 1.165) is 23.7 Å². The number of ether oxygens (including phenoxy) is 1. The predicted octanol–water partition coefficient (Wildman–Crippen LogP) is 6.09. The number of aliphatic carboxylic acids is 1. The van der Waals surface area contributed by atoms with Crippen LogP contribution < -0.4 is 5.32 Å². The lowest BCUT2D eigenvalue weighted by Crippen LogP contribution is -2.74. The quantitative estimate of drug-likeness (QED) is 0.273. The van der Waals surface area contributed by atoms with Gasteiger partial charge in [0, 0.05) is 56.7 Å². The maximum Gasteiger partial charge on any atom is 0.306 e. The Morgan fingerprint density at radius 3 is 2.39 bits per heavy atom. The van der Waals surface area contributed by atoms with Crippen molar-refractivity contribution in [3.05, 3.63) is 64.6 Å². The van der Waals surface area contributed by atoms with Crippen LogP contribution in [0.15, 0.2) is 42.6 Å². The van der Waals surface area contributed by atoms with Crippen LogP contribution in [-0.2, 0) is 27.8 Å². The van der Waals surface area contributed by atoms with Crippen LogP contribution in [0.3, 0.4) is 0 Å². The highest BCUT2D eigenvalue weighted by atomic mass is 35.5. The van der Waals surface area contributed by atoms with Crippen LogP contribution in [0, 0.1) is 17.2 Å². The van der Waals surface area contributed by atoms with Crippen molar-refractivity contribution in [3.8, 4) is 0 Å². The van der Waals surface area contributed by atoms with Gasteiger partial charge < -0.3 is 19.7 Å². The number of amides is 1. The Morgan fingerprint density at radius 1 is 1.07 bits per heavy atom. The van der Waals surface area contributed by atoms with E-state index in [1.165, 1.54) is 12.1 Å². The van der Waals surface area contributed by atoms with E-state index < -0.39 is 29.5 Å². The number of carboxylic acid groups (broad SMARTS) is 1. The Bertz CT molecular complexity index is 1650. The highest BCUT2D eigenvalue weighted by molar-refractivity contribution is 6.34. The molecule has 3 fully saturated rings. The number of hydrogen-bond acceptors (Lipinski definition) is 6. The van der Waals surface area contributed by atoms with E-state index in [0.29, 0.717) is 57.4 Å². The number of halogens is 2. The van der Waals surface area contributed by atoms with Crippen LogP contribution in [0.4, 0.5) is 10.1 Å². The first-order valence-electron chi connectivity index (χ1n) is 16.2. The van der Waals surface area contributed by atoms with Gasteiger partial charge in [-0.3, -0.25) is 24.2 Å². The van der Waals surface area contributed by atoms with Crippen molar-refractivity contribution in [1.29, 1.82) is 0 Å². The van der Waals surface area contributed by atoms with Gasteiger partial charge in [0.1, 0.15) is 5.82 Å². The number of benzene rings is 2. The van der Waals surface area contributed by atoms with Gasteiger partial charge in [-0.2, -0.15) is 0 Å². The molecule has 2 saturated heterocycles. The molecule has 11 heteroatoms. The van der Waals surface area contributed by atoms with Crippen molar-refractivity contribution >= 4 is 45.9 Å². The lowest BCUT2D eigenvalue weighted by molar-refractivity contribution is -0.284. The SMILES string of the molecule is Cn1cc(C(=O)Nc2cc(F)c(CC(=O)C(OC3CCC(C(=O)O)CC3)(N3CCCC3)N3CC(C)(C)C3)cc2Cl)c2ccccc21. The summed E-state index contributed by atoms with van der Waals surface area (Å²) in [6.45, 7) is 6.92. The van der Waals surface area contributed by atoms with E-state index >= 15 is 4.39 Å². The van der Waals surface area contributed by atoms with Gasteiger partial charge in [0.25, 0.3) is 5.91 Å². The van der Waals surface area contributed by atoms with E-state index in [2.05, 4.69) is 29.0 Å². The van der Waals surface area contributed by atoms with Crippen molar-refractivity contribution in [3.63, 3.8) is 0 Å². The molecule has 1 aliphatic carbocycles. The van der Waals surface area contributed by atoms with Crippen molar-refractivity contribution in [2.75, 3.05) is 31.5 Å². The molecule has 2 aromatic carbocycles. The van der Waals surface area contributed by atoms with Crippen LogP contribution in [0.2, 0.25) is 5.02 Å². The zero-order valence-electron chi connectivity index (χ0n) is 26.7. The van der Waals surface area contributed by atoms with Gasteiger partial charge in [0.2, 0.25) is 5.85 Å². The molecule has 2 N–H and O–H groups in total. The number of hydrogen-bond donors (Lipinski definition) is 2. The van der Waals surface area contributed by atoms with E-state index in [1.807, 2.05) is 35.9 Å². The van der Waals surface area contributed by atoms with E-state index in [9.17, 15) is 19.5 Å². The second-order valence-corrected chi connectivity index (χ2v) is 14.3. The highest BCUT2D eigenvalue weighted by Gasteiger charge is 2.57. The molecule has 0 radical (unpaired) electrons. The average Bonchev–Trinajstić information content (AvgIpc) is 3.66. The Morgan fingerprint density at radius 2 is 1.74 bits per heavy atom. The summed E-state index contributed by atoms with van der Waals surface area (Å²) in [7, 11) is 1.85. The normalized spacial score (nSPS) is 23.2. The number of Topliss-reactive ketones (excluding diaryl/α,β-unsaturated/α-hetero) is 1. The van der Waals surface area contributed by atoms with Crippen LogP contribution in [0.1, 0.15) is 68.3 Å². The van der Waals surface area contributed by atoms with Gasteiger partial charge >= 0.3 is 5.97 Å². The fourth-order valence-corrected chi connectivity index (χ4v) is 7.70. The lowest BCUT2D eigenvalue weighted by Gasteiger charge is -2.58. The number of rotatable bonds is 10. The molecule has 1 aromatic heterocycles. The third-order valence-electron chi connectivity index (χ3n) is 9.80. The minimum atomic E-state index is -1.38. The van der Waals surface area contributed by atoms with Crippen LogP contribution in [0.25, 0.3) is 10.9 Å². The number of aromatic nitrogens is 1. The van der Waals surface area contributed by atoms with Crippen molar-refractivity contribution < 1.29 is 28.6 Å². The predicted molar refractivity (Wildman–Crippen MR) is 174 cm³/mol. The largest absolute Gasteiger partial charge is 0.481 e. The summed E-state index contributed by atoms with van der Waals surface area (Å²) in [4.78, 5) is 43.6. The summed E-state index contributed by atoms with van der Waals surface area (Å²) in [5.74, 6) is -3.92. The number of para-hydroxylation sites is 1. The molecule has 2 aliphatic heterocycles. The molecular weight excluding hydrogens is 611 g/mol. The highest BCUT2D eigenvalue weighted by Crippen LogP contribution is 2.42. The fraction of sp³-hybridized carbons (Fsp3) is 0.514. The molecule has 0 bridgehead atoms. The maximum absolute atomic E-state index is 15.8. The Labute approximate surface area is 273 Å². The topological polar surface area (TPSA) is 104 Å². The molecule has 9 nitrogen and oxygen atoms in total. The fourth-order valence-electron chi connectivity index (χ4n) is 7.47. The Balaban J connectivity index is 1.26. The average molecular weight is 653 g/mol. The van der Waals surface area contributed by atoms with E-state index in [1.54, 1.807) is 6.20 Å². The standard InChI is InChI=1S/C35H42ClFN4O5/c1-34(2)20-41(21-34)35(40-14-6-7-15-40,46-24-12-10-22(11-13-24)33(44)45)31(42)17-23-16-27(36)29(18-28(23)37)38-32(43)26-19-39(3)30-9-5-4-8-25(26)30/h4-5,8-9,16,18-19,22,24H,6-7,10-15,17,20-21H2,1-3H3,(H,38,43)(H,44,45). The van der Waals surface area contributed by atoms with Gasteiger partial charge in [-0.05, 0) is 67.7 Å². The molecular formula is C35H42ClFN4O5. The van der Waals surface area contributed by atoms with Crippen molar-refractivity contribution in [1.82, 2.24) is 14.4 Å². The first-order chi connectivity index (χ1) is 21.9. The van der Waals surface area contributed by atoms with Gasteiger partial charge in [0.15, 0.2) is 5.78 Å². The molecule has 1 unspecified atom stereocenters. The number of aryl methyl sites for hydroxylation is 1. The van der Waals surface area contributed by atoms with Crippen LogP contribution >= 0.6 is 11.6 Å². The second kappa shape index (κ2) is 12.7. The molecule has 1 atom stereocenters. The molecule has 1 saturated carbocycles. The lowest BCUT2D eigenvalue weighted by atomic mass is 9.82. The number of likely N-dealkylation sites (tertiary alicyclic amines) is 2. The minimum absolute atomic E-state index is 0.00588. The number of fused-ring (bicyclic) bond motifs is 1. The molecule has 3 heterocycles. The molecule has 6 rings (SSSR count). The summed E-state index contributed by atoms with van der Waals surface area (Å²) in [5.41, 5.74) is 1.57. The molecule has 3 aromatic rings. The molecule has 0 spiro atoms. The second-order valence-electron chi connectivity index (χ2n) is 13.9. The van der Waals surface area contributed by atoms with Gasteiger partial charge in [-0.15, -0.1) is 0 Å². The van der Waals surface area contributed by atoms with Crippen molar-refractivity contribution in [2.45, 2.75) is 70.7 Å². The summed E-state index contributed by atoms with van der Waals surface area (Å²) >= 11 is 6.62. The minimum Gasteiger partial charge on any atom is -0.481 e. The number of nitrogens with one attached hydrogen (secondary N) is 1. The summed E-state index contributed by atoms with van der Waals surface area (Å²) in [6.07, 6.45) is 5.10. The Hall–Kier alpha value is -3.31. The molecule has 46 heavy (non-hydrogen) atoms. The summed E-state index contributed by atoms with van der Waals surface area (Å²) in [5, 5.41) is 13.2. The molecule has 246 valence electrons. The number of carbonyl (C=O) groups is 3. The Kier molecular flexibility index (Phi) is 9.02. The zero-order chi connectivity index (χ0) is 32.8.